The fraction of sp³-hybridized carbons (Fsp3) is 0.273. The van der Waals surface area contributed by atoms with Gasteiger partial charge in [-0.2, -0.15) is 0 Å². The summed E-state index contributed by atoms with van der Waals surface area (Å²) in [5.74, 6) is 0. The molecule has 0 aliphatic carbocycles. The zero-order valence-electron chi connectivity index (χ0n) is 8.18. The topological polar surface area (TPSA) is 32.3 Å². The minimum Gasteiger partial charge on any atom is -0.392 e. The first-order valence-electron chi connectivity index (χ1n) is 4.41. The normalized spacial score (nSPS) is 9.93. The van der Waals surface area contributed by atoms with Gasteiger partial charge in [0, 0.05) is 22.3 Å². The van der Waals surface area contributed by atoms with Crippen LogP contribution in [0.2, 0.25) is 0 Å². The van der Waals surface area contributed by atoms with E-state index in [0.717, 1.165) is 27.8 Å². The van der Waals surface area contributed by atoms with E-state index in [4.69, 9.17) is 5.11 Å². The smallest absolute Gasteiger partial charge is 0.0701 e. The fourth-order valence-corrected chi connectivity index (χ4v) is 1.46. The second-order valence-corrected chi connectivity index (χ2v) is 4.19. The predicted molar refractivity (Wildman–Crippen MR) is 63.4 cm³/mol. The van der Waals surface area contributed by atoms with Gasteiger partial charge in [-0.05, 0) is 19.1 Å². The number of benzene rings is 1. The molecule has 1 aromatic rings. The van der Waals surface area contributed by atoms with Gasteiger partial charge in [-0.15, -0.1) is 0 Å². The van der Waals surface area contributed by atoms with Crippen molar-refractivity contribution >= 4 is 21.6 Å². The fourth-order valence-electron chi connectivity index (χ4n) is 1.10. The van der Waals surface area contributed by atoms with E-state index in [1.807, 2.05) is 25.1 Å². The lowest BCUT2D eigenvalue weighted by Gasteiger charge is -2.10. The van der Waals surface area contributed by atoms with Crippen molar-refractivity contribution < 1.29 is 5.11 Å². The molecule has 0 saturated carbocycles. The highest BCUT2D eigenvalue weighted by atomic mass is 79.9. The van der Waals surface area contributed by atoms with Crippen molar-refractivity contribution in [3.8, 4) is 0 Å². The Morgan fingerprint density at radius 1 is 1.57 bits per heavy atom. The van der Waals surface area contributed by atoms with Gasteiger partial charge >= 0.3 is 0 Å². The molecule has 0 aromatic heterocycles. The van der Waals surface area contributed by atoms with Crippen LogP contribution < -0.4 is 5.32 Å². The molecule has 0 unspecified atom stereocenters. The molecule has 14 heavy (non-hydrogen) atoms. The third kappa shape index (κ3) is 3.16. The van der Waals surface area contributed by atoms with Gasteiger partial charge in [0.15, 0.2) is 0 Å². The second kappa shape index (κ2) is 5.17. The van der Waals surface area contributed by atoms with Crippen LogP contribution in [-0.4, -0.2) is 11.7 Å². The Balaban J connectivity index is 2.82. The van der Waals surface area contributed by atoms with Gasteiger partial charge in [0.2, 0.25) is 0 Å². The number of nitrogens with one attached hydrogen (secondary N) is 1. The molecule has 1 rings (SSSR count). The van der Waals surface area contributed by atoms with Gasteiger partial charge < -0.3 is 10.4 Å². The lowest BCUT2D eigenvalue weighted by atomic mass is 10.2. The Hall–Kier alpha value is -0.800. The molecule has 76 valence electrons. The number of rotatable bonds is 4. The summed E-state index contributed by atoms with van der Waals surface area (Å²) in [7, 11) is 0. The van der Waals surface area contributed by atoms with E-state index in [1.54, 1.807) is 0 Å². The van der Waals surface area contributed by atoms with Crippen molar-refractivity contribution in [2.45, 2.75) is 13.5 Å². The average molecular weight is 256 g/mol. The van der Waals surface area contributed by atoms with Crippen molar-refractivity contribution in [3.63, 3.8) is 0 Å². The third-order valence-electron chi connectivity index (χ3n) is 1.82. The van der Waals surface area contributed by atoms with Crippen LogP contribution in [0.3, 0.4) is 0 Å². The highest BCUT2D eigenvalue weighted by Crippen LogP contribution is 2.21. The number of anilines is 1. The van der Waals surface area contributed by atoms with Crippen LogP contribution in [0, 0.1) is 0 Å². The third-order valence-corrected chi connectivity index (χ3v) is 2.32. The highest BCUT2D eigenvalue weighted by Gasteiger charge is 2.01. The summed E-state index contributed by atoms with van der Waals surface area (Å²) in [5, 5.41) is 12.3. The van der Waals surface area contributed by atoms with Crippen molar-refractivity contribution in [2.24, 2.45) is 0 Å². The highest BCUT2D eigenvalue weighted by molar-refractivity contribution is 9.10. The summed E-state index contributed by atoms with van der Waals surface area (Å²) in [6.45, 7) is 6.55. The van der Waals surface area contributed by atoms with Gasteiger partial charge in [0.05, 0.1) is 6.61 Å². The lowest BCUT2D eigenvalue weighted by molar-refractivity contribution is 0.282. The summed E-state index contributed by atoms with van der Waals surface area (Å²) in [4.78, 5) is 0. The van der Waals surface area contributed by atoms with E-state index >= 15 is 0 Å². The minimum absolute atomic E-state index is 0.0474. The Kier molecular flexibility index (Phi) is 4.17. The van der Waals surface area contributed by atoms with Crippen LogP contribution in [-0.2, 0) is 6.61 Å². The standard InChI is InChI=1S/C11H14BrNO/c1-8(2)6-13-11-5-10(12)4-3-9(11)7-14/h3-5,13-14H,1,6-7H2,2H3. The molecule has 0 saturated heterocycles. The molecule has 2 nitrogen and oxygen atoms in total. The zero-order valence-corrected chi connectivity index (χ0v) is 9.76. The Bertz CT molecular complexity index is 336. The van der Waals surface area contributed by atoms with Crippen molar-refractivity contribution in [2.75, 3.05) is 11.9 Å². The van der Waals surface area contributed by atoms with E-state index in [0.29, 0.717) is 0 Å². The van der Waals surface area contributed by atoms with Gasteiger partial charge in [-0.1, -0.05) is 34.1 Å². The molecular weight excluding hydrogens is 242 g/mol. The molecular formula is C11H14BrNO. The second-order valence-electron chi connectivity index (χ2n) is 3.27. The summed E-state index contributed by atoms with van der Waals surface area (Å²) in [6.07, 6.45) is 0. The molecule has 0 spiro atoms. The van der Waals surface area contributed by atoms with E-state index in [2.05, 4.69) is 27.8 Å². The van der Waals surface area contributed by atoms with E-state index < -0.39 is 0 Å². The molecule has 0 amide bonds. The SMILES string of the molecule is C=C(C)CNc1cc(Br)ccc1CO. The van der Waals surface area contributed by atoms with Crippen molar-refractivity contribution in [1.82, 2.24) is 0 Å². The predicted octanol–water partition coefficient (Wildman–Crippen LogP) is 2.93. The van der Waals surface area contributed by atoms with Crippen LogP contribution in [0.1, 0.15) is 12.5 Å². The molecule has 3 heteroatoms. The van der Waals surface area contributed by atoms with E-state index in [-0.39, 0.29) is 6.61 Å². The Labute approximate surface area is 92.8 Å². The maximum absolute atomic E-state index is 9.10. The Morgan fingerprint density at radius 3 is 2.86 bits per heavy atom. The van der Waals surface area contributed by atoms with Crippen LogP contribution in [0.15, 0.2) is 34.8 Å². The van der Waals surface area contributed by atoms with Crippen molar-refractivity contribution in [1.29, 1.82) is 0 Å². The first kappa shape index (κ1) is 11.3. The number of hydrogen-bond donors (Lipinski definition) is 2. The lowest BCUT2D eigenvalue weighted by Crippen LogP contribution is -2.04. The quantitative estimate of drug-likeness (QED) is 0.812. The van der Waals surface area contributed by atoms with E-state index in [9.17, 15) is 0 Å². The molecule has 0 fully saturated rings. The molecule has 2 N–H and O–H groups in total. The van der Waals surface area contributed by atoms with Gasteiger partial charge in [0.1, 0.15) is 0 Å². The largest absolute Gasteiger partial charge is 0.392 e. The van der Waals surface area contributed by atoms with Crippen LogP contribution >= 0.6 is 15.9 Å². The molecule has 0 atom stereocenters. The summed E-state index contributed by atoms with van der Waals surface area (Å²) in [6, 6.07) is 5.76. The first-order chi connectivity index (χ1) is 6.63. The van der Waals surface area contributed by atoms with Gasteiger partial charge in [-0.25, -0.2) is 0 Å². The summed E-state index contributed by atoms with van der Waals surface area (Å²) >= 11 is 3.39. The van der Waals surface area contributed by atoms with Crippen molar-refractivity contribution in [3.05, 3.63) is 40.4 Å². The molecule has 0 heterocycles. The summed E-state index contributed by atoms with van der Waals surface area (Å²) < 4.78 is 0.999. The van der Waals surface area contributed by atoms with Crippen LogP contribution in [0.5, 0.6) is 0 Å². The average Bonchev–Trinajstić information content (AvgIpc) is 2.15. The maximum atomic E-state index is 9.10. The van der Waals surface area contributed by atoms with E-state index in [1.165, 1.54) is 0 Å². The molecule has 1 aromatic carbocycles. The number of aliphatic hydroxyl groups is 1. The molecule has 0 bridgehead atoms. The van der Waals surface area contributed by atoms with Crippen LogP contribution in [0.4, 0.5) is 5.69 Å². The minimum atomic E-state index is 0.0474. The van der Waals surface area contributed by atoms with Gasteiger partial charge in [0.25, 0.3) is 0 Å². The number of halogens is 1. The first-order valence-corrected chi connectivity index (χ1v) is 5.20. The molecule has 0 aliphatic heterocycles. The zero-order chi connectivity index (χ0) is 10.6. The molecule has 0 radical (unpaired) electrons. The number of hydrogen-bond acceptors (Lipinski definition) is 2. The van der Waals surface area contributed by atoms with Crippen LogP contribution in [0.25, 0.3) is 0 Å². The number of aliphatic hydroxyl groups excluding tert-OH is 1. The monoisotopic (exact) mass is 255 g/mol. The summed E-state index contributed by atoms with van der Waals surface area (Å²) in [5.41, 5.74) is 2.91. The Morgan fingerprint density at radius 2 is 2.29 bits per heavy atom. The van der Waals surface area contributed by atoms with Gasteiger partial charge in [-0.3, -0.25) is 0 Å². The molecule has 0 aliphatic rings. The maximum Gasteiger partial charge on any atom is 0.0701 e.